The molecule has 4 N–H and O–H groups in total. The molecule has 0 saturated heterocycles. The molecule has 0 saturated carbocycles. The molecule has 1 rings (SSSR count). The Morgan fingerprint density at radius 1 is 1.22 bits per heavy atom. The topological polar surface area (TPSA) is 52.0 Å². The Morgan fingerprint density at radius 2 is 1.89 bits per heavy atom. The molecule has 0 fully saturated rings. The summed E-state index contributed by atoms with van der Waals surface area (Å²) in [6.07, 6.45) is 0. The first-order valence-electron chi connectivity index (χ1n) is 2.32. The van der Waals surface area contributed by atoms with Crippen LogP contribution < -0.4 is 11.5 Å². The van der Waals surface area contributed by atoms with E-state index in [2.05, 4.69) is 6.07 Å². The van der Waals surface area contributed by atoms with Gasteiger partial charge in [-0.2, -0.15) is 18.2 Å². The fourth-order valence-electron chi connectivity index (χ4n) is 0.455. The third-order valence-corrected chi connectivity index (χ3v) is 0.931. The van der Waals surface area contributed by atoms with Crippen LogP contribution in [0.25, 0.3) is 0 Å². The SMILES string of the molecule is Nc1c[c-]ccc1N.[Au+]. The number of nitrogens with two attached hydrogens (primary N) is 2. The molecule has 0 radical (unpaired) electrons. The van der Waals surface area contributed by atoms with Crippen LogP contribution >= 0.6 is 0 Å². The zero-order valence-corrected chi connectivity index (χ0v) is 6.85. The smallest absolute Gasteiger partial charge is 0.448 e. The maximum absolute atomic E-state index is 5.37. The third kappa shape index (κ3) is 2.10. The summed E-state index contributed by atoms with van der Waals surface area (Å²) in [5.41, 5.74) is 11.9. The van der Waals surface area contributed by atoms with Crippen LogP contribution in [0.4, 0.5) is 11.4 Å². The van der Waals surface area contributed by atoms with Crippen LogP contribution in [0.2, 0.25) is 0 Å². The van der Waals surface area contributed by atoms with Gasteiger partial charge in [0.2, 0.25) is 0 Å². The number of nitrogen functional groups attached to an aromatic ring is 2. The number of hydrogen-bond acceptors (Lipinski definition) is 2. The Kier molecular flexibility index (Phi) is 3.39. The summed E-state index contributed by atoms with van der Waals surface area (Å²) in [4.78, 5) is 0. The minimum Gasteiger partial charge on any atom is -0.448 e. The Morgan fingerprint density at radius 3 is 2.22 bits per heavy atom. The summed E-state index contributed by atoms with van der Waals surface area (Å²) < 4.78 is 0. The molecule has 2 nitrogen and oxygen atoms in total. The Bertz CT molecular complexity index is 167. The van der Waals surface area contributed by atoms with Crippen molar-refractivity contribution in [3.63, 3.8) is 0 Å². The summed E-state index contributed by atoms with van der Waals surface area (Å²) in [6, 6.07) is 7.89. The Balaban J connectivity index is 0.000000640. The molecule has 0 amide bonds. The average molecular weight is 304 g/mol. The van der Waals surface area contributed by atoms with Crippen molar-refractivity contribution in [3.8, 4) is 0 Å². The largest absolute Gasteiger partial charge is 1.00 e. The van der Waals surface area contributed by atoms with Gasteiger partial charge in [-0.15, -0.1) is 6.07 Å². The normalized spacial score (nSPS) is 8.00. The number of hydrogen-bond donors (Lipinski definition) is 2. The van der Waals surface area contributed by atoms with Gasteiger partial charge in [-0.3, -0.25) is 0 Å². The second kappa shape index (κ2) is 3.56. The summed E-state index contributed by atoms with van der Waals surface area (Å²) in [6.45, 7) is 0. The first kappa shape index (κ1) is 8.56. The second-order valence-corrected chi connectivity index (χ2v) is 1.56. The van der Waals surface area contributed by atoms with Gasteiger partial charge in [-0.1, -0.05) is 11.4 Å². The molecule has 1 aromatic carbocycles. The zero-order valence-electron chi connectivity index (χ0n) is 4.69. The van der Waals surface area contributed by atoms with E-state index in [9.17, 15) is 0 Å². The minimum atomic E-state index is 0. The maximum Gasteiger partial charge on any atom is 1.00 e. The van der Waals surface area contributed by atoms with Crippen LogP contribution in [0.3, 0.4) is 0 Å². The molecule has 0 heterocycles. The van der Waals surface area contributed by atoms with Crippen LogP contribution in [-0.2, 0) is 22.4 Å². The average Bonchev–Trinajstić information content (AvgIpc) is 1.77. The molecular weight excluding hydrogens is 297 g/mol. The third-order valence-electron chi connectivity index (χ3n) is 0.931. The fraction of sp³-hybridized carbons (Fsp3) is 0. The van der Waals surface area contributed by atoms with E-state index in [0.29, 0.717) is 11.4 Å². The van der Waals surface area contributed by atoms with E-state index in [1.54, 1.807) is 18.2 Å². The van der Waals surface area contributed by atoms with Crippen LogP contribution in [-0.4, -0.2) is 0 Å². The minimum absolute atomic E-state index is 0. The van der Waals surface area contributed by atoms with Crippen LogP contribution in [0.1, 0.15) is 0 Å². The number of anilines is 2. The van der Waals surface area contributed by atoms with Crippen molar-refractivity contribution in [2.24, 2.45) is 0 Å². The van der Waals surface area contributed by atoms with Crippen molar-refractivity contribution in [1.82, 2.24) is 0 Å². The molecule has 0 unspecified atom stereocenters. The molecule has 0 aliphatic rings. The van der Waals surface area contributed by atoms with Gasteiger partial charge in [0.25, 0.3) is 0 Å². The van der Waals surface area contributed by atoms with E-state index in [4.69, 9.17) is 11.5 Å². The van der Waals surface area contributed by atoms with Crippen molar-refractivity contribution in [3.05, 3.63) is 24.3 Å². The van der Waals surface area contributed by atoms with Crippen molar-refractivity contribution in [1.29, 1.82) is 0 Å². The van der Waals surface area contributed by atoms with E-state index in [1.807, 2.05) is 0 Å². The van der Waals surface area contributed by atoms with E-state index < -0.39 is 0 Å². The molecule has 9 heavy (non-hydrogen) atoms. The van der Waals surface area contributed by atoms with Crippen molar-refractivity contribution < 1.29 is 22.4 Å². The molecule has 0 atom stereocenters. The molecule has 0 aromatic heterocycles. The van der Waals surface area contributed by atoms with Crippen molar-refractivity contribution >= 4 is 11.4 Å². The first-order valence-corrected chi connectivity index (χ1v) is 2.32. The van der Waals surface area contributed by atoms with Crippen LogP contribution in [0, 0.1) is 6.07 Å². The molecular formula is C6H7AuN2. The van der Waals surface area contributed by atoms with Gasteiger partial charge >= 0.3 is 22.4 Å². The van der Waals surface area contributed by atoms with Gasteiger partial charge in [0.15, 0.2) is 0 Å². The van der Waals surface area contributed by atoms with E-state index >= 15 is 0 Å². The van der Waals surface area contributed by atoms with Gasteiger partial charge in [-0.25, -0.2) is 0 Å². The van der Waals surface area contributed by atoms with Gasteiger partial charge < -0.3 is 11.5 Å². The van der Waals surface area contributed by atoms with Crippen molar-refractivity contribution in [2.45, 2.75) is 0 Å². The summed E-state index contributed by atoms with van der Waals surface area (Å²) in [7, 11) is 0. The Labute approximate surface area is 69.7 Å². The summed E-state index contributed by atoms with van der Waals surface area (Å²) >= 11 is 0. The molecule has 0 spiro atoms. The van der Waals surface area contributed by atoms with Crippen LogP contribution in [0.15, 0.2) is 18.2 Å². The van der Waals surface area contributed by atoms with Crippen LogP contribution in [0.5, 0.6) is 0 Å². The van der Waals surface area contributed by atoms with E-state index in [1.165, 1.54) is 0 Å². The number of benzene rings is 1. The quantitative estimate of drug-likeness (QED) is 0.420. The summed E-state index contributed by atoms with van der Waals surface area (Å²) in [5, 5.41) is 0. The Hall–Kier alpha value is -0.440. The van der Waals surface area contributed by atoms with E-state index in [0.717, 1.165) is 0 Å². The van der Waals surface area contributed by atoms with Gasteiger partial charge in [0.1, 0.15) is 0 Å². The van der Waals surface area contributed by atoms with Crippen molar-refractivity contribution in [2.75, 3.05) is 11.5 Å². The van der Waals surface area contributed by atoms with Gasteiger partial charge in [0, 0.05) is 0 Å². The number of rotatable bonds is 0. The monoisotopic (exact) mass is 304 g/mol. The maximum atomic E-state index is 5.37. The molecule has 0 aliphatic heterocycles. The predicted molar refractivity (Wildman–Crippen MR) is 34.1 cm³/mol. The first-order chi connectivity index (χ1) is 3.80. The van der Waals surface area contributed by atoms with E-state index in [-0.39, 0.29) is 22.4 Å². The fourth-order valence-corrected chi connectivity index (χ4v) is 0.455. The molecule has 52 valence electrons. The molecule has 0 aliphatic carbocycles. The summed E-state index contributed by atoms with van der Waals surface area (Å²) in [5.74, 6) is 0. The molecule has 3 heteroatoms. The van der Waals surface area contributed by atoms with Gasteiger partial charge in [0.05, 0.1) is 0 Å². The standard InChI is InChI=1S/C6H7N2.Au/c7-5-3-1-2-4-6(5)8;/h1,3-4H,7-8H2;/q-1;+1. The second-order valence-electron chi connectivity index (χ2n) is 1.56. The van der Waals surface area contributed by atoms with Gasteiger partial charge in [-0.05, 0) is 0 Å². The molecule has 0 bridgehead atoms. The zero-order chi connectivity index (χ0) is 5.98. The molecule has 1 aromatic rings. The predicted octanol–water partition coefficient (Wildman–Crippen LogP) is 0.649.